The summed E-state index contributed by atoms with van der Waals surface area (Å²) in [7, 11) is 0. The van der Waals surface area contributed by atoms with E-state index < -0.39 is 0 Å². The molecule has 1 atom stereocenters. The lowest BCUT2D eigenvalue weighted by Gasteiger charge is -2.03. The number of carbonyl (C=O) groups excluding carboxylic acids is 1. The lowest BCUT2D eigenvalue weighted by atomic mass is 10.5. The number of hydrogen-bond donors (Lipinski definition) is 1. The van der Waals surface area contributed by atoms with Gasteiger partial charge in [-0.25, -0.2) is 0 Å². The summed E-state index contributed by atoms with van der Waals surface area (Å²) in [6, 6.07) is 0. The number of thioether (sulfide) groups is 1. The number of carbonyl (C=O) groups is 1. The Bertz CT molecular complexity index is 114. The van der Waals surface area contributed by atoms with Gasteiger partial charge in [-0.15, -0.1) is 11.8 Å². The fourth-order valence-corrected chi connectivity index (χ4v) is 1.22. The van der Waals surface area contributed by atoms with E-state index >= 15 is 0 Å². The van der Waals surface area contributed by atoms with Gasteiger partial charge in [-0.05, 0) is 13.8 Å². The number of esters is 1. The third-order valence-electron chi connectivity index (χ3n) is 0.884. The molecule has 0 saturated heterocycles. The first-order valence-electron chi connectivity index (χ1n) is 3.58. The van der Waals surface area contributed by atoms with Gasteiger partial charge in [0.2, 0.25) is 0 Å². The molecule has 0 aromatic heterocycles. The van der Waals surface area contributed by atoms with E-state index in [-0.39, 0.29) is 12.1 Å². The van der Waals surface area contributed by atoms with Crippen molar-refractivity contribution in [2.24, 2.45) is 0 Å². The molecule has 0 radical (unpaired) electrons. The van der Waals surface area contributed by atoms with Crippen molar-refractivity contribution in [2.75, 3.05) is 18.1 Å². The Morgan fingerprint density at radius 1 is 1.73 bits per heavy atom. The highest BCUT2D eigenvalue weighted by Crippen LogP contribution is 2.02. The van der Waals surface area contributed by atoms with Crippen LogP contribution in [0, 0.1) is 0 Å². The molecule has 4 heteroatoms. The molecule has 0 aliphatic rings. The van der Waals surface area contributed by atoms with E-state index in [0.29, 0.717) is 18.1 Å². The maximum absolute atomic E-state index is 10.7. The van der Waals surface area contributed by atoms with E-state index in [2.05, 4.69) is 4.74 Å². The van der Waals surface area contributed by atoms with Crippen LogP contribution in [0.5, 0.6) is 0 Å². The van der Waals surface area contributed by atoms with E-state index in [1.54, 1.807) is 13.8 Å². The third kappa shape index (κ3) is 7.68. The molecule has 0 heterocycles. The molecule has 0 aromatic rings. The van der Waals surface area contributed by atoms with Crippen LogP contribution in [-0.4, -0.2) is 35.3 Å². The van der Waals surface area contributed by atoms with Crippen LogP contribution in [0.2, 0.25) is 0 Å². The quantitative estimate of drug-likeness (QED) is 0.628. The normalized spacial score (nSPS) is 12.6. The molecule has 0 aromatic carbocycles. The van der Waals surface area contributed by atoms with Gasteiger partial charge in [-0.3, -0.25) is 4.79 Å². The van der Waals surface area contributed by atoms with Gasteiger partial charge in [0, 0.05) is 5.75 Å². The van der Waals surface area contributed by atoms with E-state index in [9.17, 15) is 4.79 Å². The van der Waals surface area contributed by atoms with Gasteiger partial charge in [-0.2, -0.15) is 0 Å². The van der Waals surface area contributed by atoms with E-state index in [4.69, 9.17) is 5.11 Å². The molecule has 66 valence electrons. The second kappa shape index (κ2) is 6.49. The highest BCUT2D eigenvalue weighted by atomic mass is 32.2. The van der Waals surface area contributed by atoms with Crippen LogP contribution in [0.1, 0.15) is 13.8 Å². The number of rotatable bonds is 5. The molecule has 0 aliphatic carbocycles. The van der Waals surface area contributed by atoms with Crippen LogP contribution in [0.25, 0.3) is 0 Å². The Morgan fingerprint density at radius 2 is 2.36 bits per heavy atom. The Kier molecular flexibility index (Phi) is 6.36. The highest BCUT2D eigenvalue weighted by molar-refractivity contribution is 7.99. The van der Waals surface area contributed by atoms with Crippen LogP contribution in [0.15, 0.2) is 0 Å². The molecular weight excluding hydrogens is 164 g/mol. The van der Waals surface area contributed by atoms with Crippen molar-refractivity contribution >= 4 is 17.7 Å². The van der Waals surface area contributed by atoms with Crippen molar-refractivity contribution < 1.29 is 14.6 Å². The largest absolute Gasteiger partial charge is 0.465 e. The molecule has 0 saturated carbocycles. The number of aliphatic hydroxyl groups excluding tert-OH is 1. The number of hydrogen-bond acceptors (Lipinski definition) is 4. The zero-order valence-electron chi connectivity index (χ0n) is 6.87. The van der Waals surface area contributed by atoms with Crippen molar-refractivity contribution in [3.63, 3.8) is 0 Å². The summed E-state index contributed by atoms with van der Waals surface area (Å²) < 4.78 is 4.68. The summed E-state index contributed by atoms with van der Waals surface area (Å²) in [5.74, 6) is 0.704. The second-order valence-electron chi connectivity index (χ2n) is 2.17. The van der Waals surface area contributed by atoms with Gasteiger partial charge in [0.15, 0.2) is 0 Å². The minimum absolute atomic E-state index is 0.210. The van der Waals surface area contributed by atoms with Crippen LogP contribution < -0.4 is 0 Å². The Morgan fingerprint density at radius 3 is 2.82 bits per heavy atom. The first-order chi connectivity index (χ1) is 5.16. The van der Waals surface area contributed by atoms with Crippen LogP contribution in [0.3, 0.4) is 0 Å². The first-order valence-corrected chi connectivity index (χ1v) is 4.73. The summed E-state index contributed by atoms with van der Waals surface area (Å²) in [4.78, 5) is 10.7. The third-order valence-corrected chi connectivity index (χ3v) is 2.04. The predicted octanol–water partition coefficient (Wildman–Crippen LogP) is 0.663. The Labute approximate surface area is 71.1 Å². The predicted molar refractivity (Wildman–Crippen MR) is 45.6 cm³/mol. The summed E-state index contributed by atoms with van der Waals surface area (Å²) in [5, 5.41) is 8.82. The van der Waals surface area contributed by atoms with Gasteiger partial charge < -0.3 is 9.84 Å². The van der Waals surface area contributed by atoms with Gasteiger partial charge in [0.1, 0.15) is 0 Å². The monoisotopic (exact) mass is 178 g/mol. The van der Waals surface area contributed by atoms with Crippen LogP contribution in [-0.2, 0) is 9.53 Å². The lowest BCUT2D eigenvalue weighted by molar-refractivity contribution is -0.139. The van der Waals surface area contributed by atoms with Crippen molar-refractivity contribution in [3.8, 4) is 0 Å². The van der Waals surface area contributed by atoms with Gasteiger partial charge in [-0.1, -0.05) is 0 Å². The summed E-state index contributed by atoms with van der Waals surface area (Å²) in [6.45, 7) is 3.89. The molecular formula is C7H14O3S. The van der Waals surface area contributed by atoms with Crippen molar-refractivity contribution in [1.29, 1.82) is 0 Å². The summed E-state index contributed by atoms with van der Waals surface area (Å²) in [6.07, 6.45) is -0.352. The average molecular weight is 178 g/mol. The van der Waals surface area contributed by atoms with Crippen molar-refractivity contribution in [1.82, 2.24) is 0 Å². The fourth-order valence-electron chi connectivity index (χ4n) is 0.515. The smallest absolute Gasteiger partial charge is 0.315 e. The standard InChI is InChI=1S/C7H14O3S/c1-3-10-7(9)5-11-4-6(2)8/h6,8H,3-5H2,1-2H3/t6-/m1/s1. The van der Waals surface area contributed by atoms with Crippen LogP contribution >= 0.6 is 11.8 Å². The maximum Gasteiger partial charge on any atom is 0.315 e. The lowest BCUT2D eigenvalue weighted by Crippen LogP contribution is -2.10. The van der Waals surface area contributed by atoms with E-state index in [1.807, 2.05) is 0 Å². The maximum atomic E-state index is 10.7. The van der Waals surface area contributed by atoms with E-state index in [0.717, 1.165) is 0 Å². The summed E-state index contributed by atoms with van der Waals surface area (Å²) in [5.41, 5.74) is 0. The molecule has 0 fully saturated rings. The molecule has 11 heavy (non-hydrogen) atoms. The van der Waals surface area contributed by atoms with Crippen molar-refractivity contribution in [3.05, 3.63) is 0 Å². The molecule has 0 aliphatic heterocycles. The van der Waals surface area contributed by atoms with Gasteiger partial charge in [0.05, 0.1) is 18.5 Å². The zero-order valence-corrected chi connectivity index (χ0v) is 7.69. The highest BCUT2D eigenvalue weighted by Gasteiger charge is 2.02. The SMILES string of the molecule is CCOC(=O)CSC[C@@H](C)O. The second-order valence-corrected chi connectivity index (χ2v) is 3.20. The molecule has 0 amide bonds. The molecule has 0 unspecified atom stereocenters. The van der Waals surface area contributed by atoms with Crippen LogP contribution in [0.4, 0.5) is 0 Å². The molecule has 0 bridgehead atoms. The molecule has 3 nitrogen and oxygen atoms in total. The van der Waals surface area contributed by atoms with Crippen molar-refractivity contribution in [2.45, 2.75) is 20.0 Å². The Hall–Kier alpha value is -0.220. The minimum atomic E-state index is -0.352. The number of ether oxygens (including phenoxy) is 1. The molecule has 0 spiro atoms. The first kappa shape index (κ1) is 10.8. The van der Waals surface area contributed by atoms with E-state index in [1.165, 1.54) is 11.8 Å². The average Bonchev–Trinajstić information content (AvgIpc) is 1.87. The molecule has 0 rings (SSSR count). The fraction of sp³-hybridized carbons (Fsp3) is 0.857. The van der Waals surface area contributed by atoms with Gasteiger partial charge in [0.25, 0.3) is 0 Å². The minimum Gasteiger partial charge on any atom is -0.465 e. The zero-order chi connectivity index (χ0) is 8.69. The van der Waals surface area contributed by atoms with Gasteiger partial charge >= 0.3 is 5.97 Å². The number of aliphatic hydroxyl groups is 1. The molecule has 1 N–H and O–H groups in total. The summed E-state index contributed by atoms with van der Waals surface area (Å²) >= 11 is 1.38. The topological polar surface area (TPSA) is 46.5 Å². The Balaban J connectivity index is 3.17.